The Hall–Kier alpha value is -0.500. The molecule has 94 valence electrons. The summed E-state index contributed by atoms with van der Waals surface area (Å²) < 4.78 is 1.20. The average Bonchev–Trinajstić information content (AvgIpc) is 2.73. The van der Waals surface area contributed by atoms with E-state index in [1.165, 1.54) is 41.4 Å². The van der Waals surface area contributed by atoms with Gasteiger partial charge in [0.15, 0.2) is 0 Å². The highest BCUT2D eigenvalue weighted by Crippen LogP contribution is 2.40. The largest absolute Gasteiger partial charge is 0.384 e. The molecule has 1 aliphatic heterocycles. The van der Waals surface area contributed by atoms with Crippen LogP contribution in [0.3, 0.4) is 0 Å². The number of rotatable bonds is 5. The average molecular weight is 296 g/mol. The molecule has 1 aliphatic rings. The summed E-state index contributed by atoms with van der Waals surface area (Å²) in [6.45, 7) is 5.73. The van der Waals surface area contributed by atoms with Gasteiger partial charge < -0.3 is 5.32 Å². The van der Waals surface area contributed by atoms with Gasteiger partial charge in [-0.2, -0.15) is 0 Å². The predicted octanol–water partition coefficient (Wildman–Crippen LogP) is 5.17. The van der Waals surface area contributed by atoms with Crippen molar-refractivity contribution < 1.29 is 0 Å². The van der Waals surface area contributed by atoms with Crippen molar-refractivity contribution in [1.82, 2.24) is 0 Å². The molecular weight excluding hydrogens is 274 g/mol. The topological polar surface area (TPSA) is 12.0 Å². The van der Waals surface area contributed by atoms with E-state index in [4.69, 9.17) is 0 Å². The minimum Gasteiger partial charge on any atom is -0.384 e. The third-order valence-corrected chi connectivity index (χ3v) is 4.44. The summed E-state index contributed by atoms with van der Waals surface area (Å²) in [6.07, 6.45) is 5.32. The van der Waals surface area contributed by atoms with Crippen molar-refractivity contribution in [2.45, 2.75) is 45.4 Å². The Morgan fingerprint density at radius 1 is 1.41 bits per heavy atom. The second-order valence-electron chi connectivity index (χ2n) is 5.03. The number of nitrogens with one attached hydrogen (secondary N) is 1. The molecule has 0 aliphatic carbocycles. The van der Waals surface area contributed by atoms with Crippen molar-refractivity contribution in [3.8, 4) is 0 Å². The number of unbranched alkanes of at least 4 members (excludes halogenated alkanes) is 1. The summed E-state index contributed by atoms with van der Waals surface area (Å²) in [4.78, 5) is 0. The summed E-state index contributed by atoms with van der Waals surface area (Å²) in [5.74, 6) is 1.54. The fraction of sp³-hybridized carbons (Fsp3) is 0.600. The predicted molar refractivity (Wildman–Crippen MR) is 78.7 cm³/mol. The van der Waals surface area contributed by atoms with Gasteiger partial charge in [0.2, 0.25) is 0 Å². The van der Waals surface area contributed by atoms with Gasteiger partial charge in [0, 0.05) is 22.6 Å². The van der Waals surface area contributed by atoms with E-state index in [0.717, 1.165) is 12.5 Å². The minimum absolute atomic E-state index is 0.707. The second-order valence-corrected chi connectivity index (χ2v) is 5.95. The number of benzene rings is 1. The molecule has 17 heavy (non-hydrogen) atoms. The highest BCUT2D eigenvalue weighted by Gasteiger charge is 2.28. The van der Waals surface area contributed by atoms with Gasteiger partial charge in [-0.15, -0.1) is 0 Å². The Morgan fingerprint density at radius 3 is 2.94 bits per heavy atom. The van der Waals surface area contributed by atoms with Crippen LogP contribution >= 0.6 is 15.9 Å². The first-order chi connectivity index (χ1) is 8.26. The van der Waals surface area contributed by atoms with Crippen LogP contribution in [0.2, 0.25) is 0 Å². The monoisotopic (exact) mass is 295 g/mol. The molecule has 2 heteroatoms. The molecule has 2 atom stereocenters. The van der Waals surface area contributed by atoms with Crippen LogP contribution in [-0.4, -0.2) is 6.54 Å². The normalized spacial score (nSPS) is 19.8. The zero-order valence-corrected chi connectivity index (χ0v) is 12.4. The van der Waals surface area contributed by atoms with Gasteiger partial charge >= 0.3 is 0 Å². The zero-order valence-electron chi connectivity index (χ0n) is 10.8. The Balaban J connectivity index is 2.16. The minimum atomic E-state index is 0.707. The van der Waals surface area contributed by atoms with E-state index in [9.17, 15) is 0 Å². The molecule has 1 aromatic rings. The van der Waals surface area contributed by atoms with Gasteiger partial charge in [-0.25, -0.2) is 0 Å². The van der Waals surface area contributed by atoms with Crippen LogP contribution in [0.25, 0.3) is 0 Å². The standard InChI is InChI=1S/C15H22BrN/c1-3-5-6-11(4-2)14-10-17-15-8-7-12(16)9-13(14)15/h7-9,11,14,17H,3-6,10H2,1-2H3. The molecule has 2 rings (SSSR count). The Kier molecular flexibility index (Phi) is 4.49. The third kappa shape index (κ3) is 2.85. The third-order valence-electron chi connectivity index (χ3n) is 3.95. The Labute approximate surface area is 113 Å². The van der Waals surface area contributed by atoms with Gasteiger partial charge in [-0.05, 0) is 36.1 Å². The maximum atomic E-state index is 3.59. The van der Waals surface area contributed by atoms with E-state index in [1.54, 1.807) is 0 Å². The SMILES string of the molecule is CCCCC(CC)C1CNc2ccc(Br)cc21. The molecular formula is C15H22BrN. The number of halogens is 1. The molecule has 1 nitrogen and oxygen atoms in total. The Bertz CT molecular complexity index is 375. The summed E-state index contributed by atoms with van der Waals surface area (Å²) in [5.41, 5.74) is 2.86. The van der Waals surface area contributed by atoms with Crippen molar-refractivity contribution in [2.75, 3.05) is 11.9 Å². The fourth-order valence-electron chi connectivity index (χ4n) is 2.91. The first-order valence-corrected chi connectivity index (χ1v) is 7.58. The van der Waals surface area contributed by atoms with E-state index in [-0.39, 0.29) is 0 Å². The van der Waals surface area contributed by atoms with Crippen molar-refractivity contribution in [1.29, 1.82) is 0 Å². The quantitative estimate of drug-likeness (QED) is 0.790. The highest BCUT2D eigenvalue weighted by atomic mass is 79.9. The maximum Gasteiger partial charge on any atom is 0.0377 e. The molecule has 0 fully saturated rings. The van der Waals surface area contributed by atoms with Crippen LogP contribution in [0.4, 0.5) is 5.69 Å². The van der Waals surface area contributed by atoms with Crippen LogP contribution in [0, 0.1) is 5.92 Å². The number of hydrogen-bond donors (Lipinski definition) is 1. The lowest BCUT2D eigenvalue weighted by Gasteiger charge is -2.22. The number of hydrogen-bond acceptors (Lipinski definition) is 1. The number of anilines is 1. The first-order valence-electron chi connectivity index (χ1n) is 6.79. The van der Waals surface area contributed by atoms with Crippen molar-refractivity contribution in [2.24, 2.45) is 5.92 Å². The second kappa shape index (κ2) is 5.90. The molecule has 1 heterocycles. The molecule has 0 bridgehead atoms. The van der Waals surface area contributed by atoms with Gasteiger partial charge in [-0.1, -0.05) is 49.0 Å². The first kappa shape index (κ1) is 12.9. The summed E-state index contributed by atoms with van der Waals surface area (Å²) in [5, 5.41) is 3.55. The van der Waals surface area contributed by atoms with Crippen LogP contribution in [0.1, 0.15) is 51.0 Å². The van der Waals surface area contributed by atoms with Crippen molar-refractivity contribution >= 4 is 21.6 Å². The molecule has 2 unspecified atom stereocenters. The van der Waals surface area contributed by atoms with E-state index >= 15 is 0 Å². The van der Waals surface area contributed by atoms with Crippen LogP contribution in [0.5, 0.6) is 0 Å². The summed E-state index contributed by atoms with van der Waals surface area (Å²) >= 11 is 3.59. The lowest BCUT2D eigenvalue weighted by molar-refractivity contribution is 0.389. The molecule has 0 amide bonds. The van der Waals surface area contributed by atoms with Gasteiger partial charge in [0.05, 0.1) is 0 Å². The lowest BCUT2D eigenvalue weighted by atomic mass is 9.82. The molecule has 1 aromatic carbocycles. The van der Waals surface area contributed by atoms with Gasteiger partial charge in [0.1, 0.15) is 0 Å². The van der Waals surface area contributed by atoms with E-state index in [2.05, 4.69) is 53.3 Å². The molecule has 0 aromatic heterocycles. The van der Waals surface area contributed by atoms with E-state index in [1.807, 2.05) is 0 Å². The van der Waals surface area contributed by atoms with Crippen LogP contribution in [0.15, 0.2) is 22.7 Å². The van der Waals surface area contributed by atoms with E-state index in [0.29, 0.717) is 5.92 Å². The highest BCUT2D eigenvalue weighted by molar-refractivity contribution is 9.10. The van der Waals surface area contributed by atoms with Crippen LogP contribution < -0.4 is 5.32 Å². The fourth-order valence-corrected chi connectivity index (χ4v) is 3.29. The molecule has 0 saturated heterocycles. The summed E-state index contributed by atoms with van der Waals surface area (Å²) in [7, 11) is 0. The van der Waals surface area contributed by atoms with E-state index < -0.39 is 0 Å². The molecule has 0 radical (unpaired) electrons. The molecule has 0 spiro atoms. The summed E-state index contributed by atoms with van der Waals surface area (Å²) in [6, 6.07) is 6.63. The smallest absolute Gasteiger partial charge is 0.0377 e. The van der Waals surface area contributed by atoms with Crippen molar-refractivity contribution in [3.63, 3.8) is 0 Å². The molecule has 1 N–H and O–H groups in total. The van der Waals surface area contributed by atoms with Gasteiger partial charge in [-0.3, -0.25) is 0 Å². The lowest BCUT2D eigenvalue weighted by Crippen LogP contribution is -2.14. The van der Waals surface area contributed by atoms with Crippen LogP contribution in [-0.2, 0) is 0 Å². The van der Waals surface area contributed by atoms with Gasteiger partial charge in [0.25, 0.3) is 0 Å². The zero-order chi connectivity index (χ0) is 12.3. The van der Waals surface area contributed by atoms with Crippen molar-refractivity contribution in [3.05, 3.63) is 28.2 Å². The maximum absolute atomic E-state index is 3.59. The number of fused-ring (bicyclic) bond motifs is 1. The Morgan fingerprint density at radius 2 is 2.24 bits per heavy atom. The molecule has 0 saturated carbocycles.